The van der Waals surface area contributed by atoms with Crippen LogP contribution in [-0.4, -0.2) is 15.0 Å². The van der Waals surface area contributed by atoms with Crippen LogP contribution in [0, 0.1) is 18.2 Å². The second kappa shape index (κ2) is 22.9. The van der Waals surface area contributed by atoms with Gasteiger partial charge in [0.2, 0.25) is 0 Å². The number of hydrogen-bond donors (Lipinski definition) is 0. The van der Waals surface area contributed by atoms with Gasteiger partial charge >= 0.3 is 20.1 Å². The van der Waals surface area contributed by atoms with E-state index in [1.165, 1.54) is 27.8 Å². The fraction of sp³-hybridized carbons (Fsp3) is 0. The molecular formula is C69H46IrN3. The van der Waals surface area contributed by atoms with E-state index in [1.807, 2.05) is 104 Å². The Morgan fingerprint density at radius 3 is 1.25 bits per heavy atom. The van der Waals surface area contributed by atoms with E-state index >= 15 is 0 Å². The maximum absolute atomic E-state index is 4.84. The zero-order chi connectivity index (χ0) is 48.3. The average Bonchev–Trinajstić information content (AvgIpc) is 3.48. The van der Waals surface area contributed by atoms with Crippen molar-refractivity contribution in [2.45, 2.75) is 0 Å². The Hall–Kier alpha value is -8.92. The Labute approximate surface area is 441 Å². The number of pyridine rings is 3. The van der Waals surface area contributed by atoms with Crippen LogP contribution in [0.25, 0.3) is 112 Å². The third-order valence-electron chi connectivity index (χ3n) is 12.8. The summed E-state index contributed by atoms with van der Waals surface area (Å²) in [5, 5.41) is 0. The molecule has 4 heteroatoms. The summed E-state index contributed by atoms with van der Waals surface area (Å²) in [4.78, 5) is 13.7. The molecule has 0 radical (unpaired) electrons. The number of hydrogen-bond acceptors (Lipinski definition) is 3. The van der Waals surface area contributed by atoms with E-state index in [0.717, 1.165) is 83.7 Å². The van der Waals surface area contributed by atoms with Crippen LogP contribution >= 0.6 is 0 Å². The molecule has 3 aromatic heterocycles. The van der Waals surface area contributed by atoms with Crippen LogP contribution in [0.2, 0.25) is 0 Å². The first-order chi connectivity index (χ1) is 35.7. The Kier molecular flexibility index (Phi) is 15.0. The average molecular weight is 1110 g/mol. The van der Waals surface area contributed by atoms with Crippen molar-refractivity contribution >= 4 is 0 Å². The Morgan fingerprint density at radius 1 is 0.274 bits per heavy atom. The van der Waals surface area contributed by atoms with Gasteiger partial charge in [0.1, 0.15) is 0 Å². The van der Waals surface area contributed by atoms with Gasteiger partial charge in [0, 0.05) is 30.4 Å². The van der Waals surface area contributed by atoms with Gasteiger partial charge in [0.05, 0.1) is 0 Å². The SMILES string of the molecule is [Ir+3].[c-]1cccc(-c2ccccc2-c2cc(-c3ccccc3-c3cccnc3)cc(-c3ccccc3-c3ccc(-c4[c-]cccc4)nc3)c2)c1.[c-]1ccccc1-c1cc(-c2ccc(-c3ccccc3)cc2)ccn1. The van der Waals surface area contributed by atoms with Gasteiger partial charge < -0.3 is 9.97 Å². The molecule has 0 bridgehead atoms. The maximum atomic E-state index is 4.84. The molecule has 12 rings (SSSR count). The van der Waals surface area contributed by atoms with Crippen molar-refractivity contribution < 1.29 is 20.1 Å². The van der Waals surface area contributed by atoms with Gasteiger partial charge in [-0.1, -0.05) is 157 Å². The van der Waals surface area contributed by atoms with Crippen LogP contribution < -0.4 is 0 Å². The smallest absolute Gasteiger partial charge is 0.305 e. The molecule has 0 aliphatic heterocycles. The molecule has 0 aliphatic rings. The molecule has 3 nitrogen and oxygen atoms in total. The molecule has 0 aliphatic carbocycles. The van der Waals surface area contributed by atoms with Crippen LogP contribution in [0.4, 0.5) is 0 Å². The molecule has 12 aromatic rings. The largest absolute Gasteiger partial charge is 3.00 e. The van der Waals surface area contributed by atoms with Gasteiger partial charge in [-0.05, 0) is 114 Å². The number of benzene rings is 9. The molecule has 0 atom stereocenters. The minimum atomic E-state index is 0. The molecule has 3 heterocycles. The summed E-state index contributed by atoms with van der Waals surface area (Å²) in [6.07, 6.45) is 7.58. The molecule has 0 saturated heterocycles. The summed E-state index contributed by atoms with van der Waals surface area (Å²) in [6, 6.07) is 98.2. The second-order valence-corrected chi connectivity index (χ2v) is 17.3. The van der Waals surface area contributed by atoms with E-state index < -0.39 is 0 Å². The molecule has 9 aromatic carbocycles. The standard InChI is InChI=1S/C46H30N2.C23H16N.Ir/c1-3-14-33(15-4-1)40-19-7-10-22-43(40)37-28-38(44-23-11-8-20-41(44)35-18-13-27-47-31-35)30-39(29-37)45-24-12-9-21-42(45)36-25-26-46(48-32-36)34-16-5-2-6-17-34;1-3-7-18(8-4-1)19-11-13-20(14-12-19)22-15-16-24-23(17-22)21-9-5-2-6-10-21;/h1-3,5-16,18-32H;1-9,11-17H;/q-2;-1;+3. The normalized spacial score (nSPS) is 10.6. The minimum absolute atomic E-state index is 0. The quantitative estimate of drug-likeness (QED) is 0.128. The van der Waals surface area contributed by atoms with E-state index in [0.29, 0.717) is 0 Å². The number of rotatable bonds is 10. The van der Waals surface area contributed by atoms with E-state index in [9.17, 15) is 0 Å². The molecule has 0 fully saturated rings. The summed E-state index contributed by atoms with van der Waals surface area (Å²) >= 11 is 0. The van der Waals surface area contributed by atoms with E-state index in [-0.39, 0.29) is 20.1 Å². The monoisotopic (exact) mass is 1110 g/mol. The summed E-state index contributed by atoms with van der Waals surface area (Å²) in [7, 11) is 0. The first-order valence-electron chi connectivity index (χ1n) is 24.0. The van der Waals surface area contributed by atoms with Crippen LogP contribution in [0.15, 0.2) is 280 Å². The summed E-state index contributed by atoms with van der Waals surface area (Å²) in [5.41, 5.74) is 22.3. The molecule has 73 heavy (non-hydrogen) atoms. The molecule has 0 N–H and O–H groups in total. The third kappa shape index (κ3) is 11.0. The van der Waals surface area contributed by atoms with Gasteiger partial charge in [-0.2, -0.15) is 30.3 Å². The van der Waals surface area contributed by atoms with Crippen LogP contribution in [0.1, 0.15) is 0 Å². The summed E-state index contributed by atoms with van der Waals surface area (Å²) < 4.78 is 0. The Balaban J connectivity index is 0.000000205. The van der Waals surface area contributed by atoms with Crippen molar-refractivity contribution in [2.75, 3.05) is 0 Å². The van der Waals surface area contributed by atoms with E-state index in [2.05, 4.69) is 204 Å². The zero-order valence-electron chi connectivity index (χ0n) is 39.7. The van der Waals surface area contributed by atoms with Crippen LogP contribution in [0.5, 0.6) is 0 Å². The second-order valence-electron chi connectivity index (χ2n) is 17.3. The fourth-order valence-corrected chi connectivity index (χ4v) is 9.20. The van der Waals surface area contributed by atoms with Crippen molar-refractivity contribution in [3.8, 4) is 112 Å². The molecule has 346 valence electrons. The molecule has 0 amide bonds. The maximum Gasteiger partial charge on any atom is 3.00 e. The Morgan fingerprint density at radius 2 is 0.740 bits per heavy atom. The minimum Gasteiger partial charge on any atom is -0.305 e. The Bertz CT molecular complexity index is 3600. The van der Waals surface area contributed by atoms with Crippen molar-refractivity contribution in [2.24, 2.45) is 0 Å². The first-order valence-corrected chi connectivity index (χ1v) is 24.0. The topological polar surface area (TPSA) is 38.7 Å². The van der Waals surface area contributed by atoms with E-state index in [1.54, 1.807) is 0 Å². The van der Waals surface area contributed by atoms with Crippen LogP contribution in [0.3, 0.4) is 0 Å². The molecule has 0 saturated carbocycles. The third-order valence-corrected chi connectivity index (χ3v) is 12.8. The van der Waals surface area contributed by atoms with Crippen LogP contribution in [-0.2, 0) is 20.1 Å². The molecule has 0 unspecified atom stereocenters. The molecular weight excluding hydrogens is 1060 g/mol. The van der Waals surface area contributed by atoms with Gasteiger partial charge in [0.25, 0.3) is 0 Å². The van der Waals surface area contributed by atoms with Gasteiger partial charge in [-0.15, -0.1) is 77.4 Å². The van der Waals surface area contributed by atoms with Gasteiger partial charge in [-0.25, -0.2) is 0 Å². The number of aromatic nitrogens is 3. The van der Waals surface area contributed by atoms with Crippen molar-refractivity contribution in [1.82, 2.24) is 15.0 Å². The number of nitrogens with zero attached hydrogens (tertiary/aromatic N) is 3. The van der Waals surface area contributed by atoms with Crippen molar-refractivity contribution in [1.29, 1.82) is 0 Å². The summed E-state index contributed by atoms with van der Waals surface area (Å²) in [5.74, 6) is 0. The van der Waals surface area contributed by atoms with Gasteiger partial charge in [0.15, 0.2) is 0 Å². The van der Waals surface area contributed by atoms with E-state index in [4.69, 9.17) is 4.98 Å². The summed E-state index contributed by atoms with van der Waals surface area (Å²) in [6.45, 7) is 0. The predicted molar refractivity (Wildman–Crippen MR) is 297 cm³/mol. The van der Waals surface area contributed by atoms with Crippen molar-refractivity contribution in [3.05, 3.63) is 298 Å². The molecule has 0 spiro atoms. The fourth-order valence-electron chi connectivity index (χ4n) is 9.20. The van der Waals surface area contributed by atoms with Crippen molar-refractivity contribution in [3.63, 3.8) is 0 Å². The first kappa shape index (κ1) is 47.7. The predicted octanol–water partition coefficient (Wildman–Crippen LogP) is 17.6. The zero-order valence-corrected chi connectivity index (χ0v) is 42.1. The van der Waals surface area contributed by atoms with Gasteiger partial charge in [-0.3, -0.25) is 4.98 Å².